The maximum absolute atomic E-state index is 12.1. The molecule has 2 N–H and O–H groups in total. The average molecular weight is 302 g/mol. The summed E-state index contributed by atoms with van der Waals surface area (Å²) in [5.74, 6) is 0.242. The van der Waals surface area contributed by atoms with Gasteiger partial charge in [0.25, 0.3) is 0 Å². The van der Waals surface area contributed by atoms with Gasteiger partial charge in [0.05, 0.1) is 18.7 Å². The van der Waals surface area contributed by atoms with Crippen molar-refractivity contribution in [2.45, 2.75) is 18.6 Å². The van der Waals surface area contributed by atoms with Crippen molar-refractivity contribution in [2.24, 2.45) is 0 Å². The fourth-order valence-corrected chi connectivity index (χ4v) is 1.43. The highest BCUT2D eigenvalue weighted by molar-refractivity contribution is 9.10. The zero-order valence-electron chi connectivity index (χ0n) is 8.44. The van der Waals surface area contributed by atoms with Crippen molar-refractivity contribution in [2.75, 3.05) is 13.2 Å². The zero-order valence-corrected chi connectivity index (χ0v) is 10.0. The van der Waals surface area contributed by atoms with E-state index >= 15 is 0 Å². The number of halogens is 4. The summed E-state index contributed by atoms with van der Waals surface area (Å²) in [5.41, 5.74) is -1.25. The van der Waals surface area contributed by atoms with E-state index in [0.717, 1.165) is 0 Å². The molecule has 0 fully saturated rings. The Morgan fingerprint density at radius 1 is 1.44 bits per heavy atom. The first-order valence-corrected chi connectivity index (χ1v) is 5.24. The Morgan fingerprint density at radius 2 is 2.06 bits per heavy atom. The summed E-state index contributed by atoms with van der Waals surface area (Å²) in [7, 11) is 0. The lowest BCUT2D eigenvalue weighted by Crippen LogP contribution is -2.46. The van der Waals surface area contributed by atoms with Crippen molar-refractivity contribution in [3.63, 3.8) is 0 Å². The number of nitrogens with one attached hydrogen (secondary N) is 1. The molecule has 92 valence electrons. The SMILES string of the molecule is CC(CO)(NCC(F)(F)F)c1ccc(Br)o1. The number of hydrogen-bond donors (Lipinski definition) is 2. The van der Waals surface area contributed by atoms with Gasteiger partial charge in [-0.1, -0.05) is 0 Å². The molecule has 0 spiro atoms. The molecule has 0 saturated heterocycles. The summed E-state index contributed by atoms with van der Waals surface area (Å²) in [6.07, 6.45) is -4.33. The van der Waals surface area contributed by atoms with E-state index in [2.05, 4.69) is 21.2 Å². The Hall–Kier alpha value is -0.530. The van der Waals surface area contributed by atoms with Gasteiger partial charge in [-0.05, 0) is 35.0 Å². The minimum absolute atomic E-state index is 0.242. The minimum atomic E-state index is -4.33. The van der Waals surface area contributed by atoms with Gasteiger partial charge in [-0.3, -0.25) is 5.32 Å². The van der Waals surface area contributed by atoms with Crippen LogP contribution in [0.4, 0.5) is 13.2 Å². The second kappa shape index (κ2) is 4.77. The quantitative estimate of drug-likeness (QED) is 0.898. The molecule has 7 heteroatoms. The molecular weight excluding hydrogens is 291 g/mol. The van der Waals surface area contributed by atoms with Crippen LogP contribution in [0.15, 0.2) is 21.2 Å². The maximum atomic E-state index is 12.1. The molecule has 1 rings (SSSR count). The van der Waals surface area contributed by atoms with E-state index in [0.29, 0.717) is 4.67 Å². The van der Waals surface area contributed by atoms with Crippen molar-refractivity contribution in [3.05, 3.63) is 22.6 Å². The topological polar surface area (TPSA) is 45.4 Å². The van der Waals surface area contributed by atoms with Crippen molar-refractivity contribution in [3.8, 4) is 0 Å². The number of aliphatic hydroxyl groups excluding tert-OH is 1. The fraction of sp³-hybridized carbons (Fsp3) is 0.556. The van der Waals surface area contributed by atoms with E-state index in [1.807, 2.05) is 0 Å². The predicted octanol–water partition coefficient (Wildman–Crippen LogP) is 2.40. The maximum Gasteiger partial charge on any atom is 0.401 e. The van der Waals surface area contributed by atoms with Gasteiger partial charge in [0.1, 0.15) is 5.76 Å². The molecule has 0 aliphatic heterocycles. The normalized spacial score (nSPS) is 16.1. The zero-order chi connectivity index (χ0) is 12.4. The summed E-state index contributed by atoms with van der Waals surface area (Å²) < 4.78 is 41.7. The van der Waals surface area contributed by atoms with Crippen molar-refractivity contribution in [1.82, 2.24) is 5.32 Å². The highest BCUT2D eigenvalue weighted by Gasteiger charge is 2.35. The predicted molar refractivity (Wildman–Crippen MR) is 54.9 cm³/mol. The lowest BCUT2D eigenvalue weighted by atomic mass is 10.0. The van der Waals surface area contributed by atoms with Crippen LogP contribution < -0.4 is 5.32 Å². The van der Waals surface area contributed by atoms with E-state index < -0.39 is 24.9 Å². The van der Waals surface area contributed by atoms with Gasteiger partial charge in [-0.15, -0.1) is 0 Å². The Kier molecular flexibility index (Phi) is 4.03. The highest BCUT2D eigenvalue weighted by atomic mass is 79.9. The number of aliphatic hydroxyl groups is 1. The van der Waals surface area contributed by atoms with Gasteiger partial charge < -0.3 is 9.52 Å². The first-order valence-electron chi connectivity index (χ1n) is 4.45. The molecule has 0 amide bonds. The van der Waals surface area contributed by atoms with Crippen LogP contribution in [0.2, 0.25) is 0 Å². The average Bonchev–Trinajstić information content (AvgIpc) is 2.61. The van der Waals surface area contributed by atoms with Crippen LogP contribution in [0.1, 0.15) is 12.7 Å². The van der Waals surface area contributed by atoms with E-state index in [1.165, 1.54) is 13.0 Å². The lowest BCUT2D eigenvalue weighted by Gasteiger charge is -2.27. The molecule has 16 heavy (non-hydrogen) atoms. The Balaban J connectivity index is 2.78. The lowest BCUT2D eigenvalue weighted by molar-refractivity contribution is -0.130. The summed E-state index contributed by atoms with van der Waals surface area (Å²) in [5, 5.41) is 11.4. The second-order valence-corrected chi connectivity index (χ2v) is 4.34. The van der Waals surface area contributed by atoms with Crippen LogP contribution in [0.3, 0.4) is 0 Å². The van der Waals surface area contributed by atoms with E-state index in [1.54, 1.807) is 6.07 Å². The smallest absolute Gasteiger partial charge is 0.401 e. The molecule has 0 bridgehead atoms. The molecular formula is C9H11BrF3NO2. The van der Waals surface area contributed by atoms with Crippen LogP contribution in [0, 0.1) is 0 Å². The van der Waals surface area contributed by atoms with Gasteiger partial charge in [0.15, 0.2) is 4.67 Å². The first-order chi connectivity index (χ1) is 7.27. The third kappa shape index (κ3) is 3.50. The van der Waals surface area contributed by atoms with E-state index in [-0.39, 0.29) is 5.76 Å². The first kappa shape index (κ1) is 13.5. The molecule has 1 aromatic rings. The molecule has 1 atom stereocenters. The largest absolute Gasteiger partial charge is 0.452 e. The number of rotatable bonds is 4. The van der Waals surface area contributed by atoms with Gasteiger partial charge in [-0.2, -0.15) is 13.2 Å². The highest BCUT2D eigenvalue weighted by Crippen LogP contribution is 2.26. The van der Waals surface area contributed by atoms with Crippen molar-refractivity contribution >= 4 is 15.9 Å². The van der Waals surface area contributed by atoms with Crippen LogP contribution in [0.5, 0.6) is 0 Å². The summed E-state index contributed by atoms with van der Waals surface area (Å²) in [6.45, 7) is -0.255. The Morgan fingerprint density at radius 3 is 2.44 bits per heavy atom. The van der Waals surface area contributed by atoms with Crippen LogP contribution in [-0.4, -0.2) is 24.4 Å². The molecule has 1 unspecified atom stereocenters. The summed E-state index contributed by atoms with van der Waals surface area (Å²) >= 11 is 3.05. The Labute approximate surface area is 98.8 Å². The number of alkyl halides is 3. The molecule has 3 nitrogen and oxygen atoms in total. The molecule has 0 saturated carbocycles. The van der Waals surface area contributed by atoms with Gasteiger partial charge in [0, 0.05) is 0 Å². The minimum Gasteiger partial charge on any atom is -0.452 e. The summed E-state index contributed by atoms with van der Waals surface area (Å²) in [4.78, 5) is 0. The van der Waals surface area contributed by atoms with E-state index in [9.17, 15) is 13.2 Å². The van der Waals surface area contributed by atoms with Gasteiger partial charge in [0.2, 0.25) is 0 Å². The van der Waals surface area contributed by atoms with Crippen LogP contribution in [-0.2, 0) is 5.54 Å². The molecule has 1 heterocycles. The number of furan rings is 1. The molecule has 0 aliphatic carbocycles. The fourth-order valence-electron chi connectivity index (χ4n) is 1.13. The third-order valence-electron chi connectivity index (χ3n) is 2.11. The molecule has 0 radical (unpaired) electrons. The molecule has 0 aromatic carbocycles. The van der Waals surface area contributed by atoms with Crippen molar-refractivity contribution in [1.29, 1.82) is 0 Å². The van der Waals surface area contributed by atoms with Crippen LogP contribution >= 0.6 is 15.9 Å². The number of hydrogen-bond acceptors (Lipinski definition) is 3. The Bertz CT molecular complexity index is 353. The van der Waals surface area contributed by atoms with Crippen LogP contribution in [0.25, 0.3) is 0 Å². The van der Waals surface area contributed by atoms with Gasteiger partial charge in [-0.25, -0.2) is 0 Å². The van der Waals surface area contributed by atoms with Crippen molar-refractivity contribution < 1.29 is 22.7 Å². The van der Waals surface area contributed by atoms with Gasteiger partial charge >= 0.3 is 6.18 Å². The van der Waals surface area contributed by atoms with E-state index in [4.69, 9.17) is 9.52 Å². The summed E-state index contributed by atoms with van der Waals surface area (Å²) in [6, 6.07) is 3.06. The molecule has 0 aliphatic rings. The third-order valence-corrected chi connectivity index (χ3v) is 2.54. The second-order valence-electron chi connectivity index (χ2n) is 3.56. The standard InChI is InChI=1S/C9H11BrF3NO2/c1-8(5-15,14-4-9(11,12)13)6-2-3-7(10)16-6/h2-3,14-15H,4-5H2,1H3. The monoisotopic (exact) mass is 301 g/mol. The molecule has 1 aromatic heterocycles.